The van der Waals surface area contributed by atoms with Crippen LogP contribution in [0.1, 0.15) is 29.3 Å². The van der Waals surface area contributed by atoms with Crippen molar-refractivity contribution in [2.75, 3.05) is 23.3 Å². The van der Waals surface area contributed by atoms with Crippen LogP contribution in [0.2, 0.25) is 0 Å². The number of pyridine rings is 2. The van der Waals surface area contributed by atoms with E-state index in [1.807, 2.05) is 19.1 Å². The Labute approximate surface area is 195 Å². The SMILES string of the molecule is Cc1ccncc1-c1cc(C(=O)Nc2ccc(OC(F)(F)Cl)cc2)cnc1N1CC[C@@H](C)C1. The number of alkyl halides is 3. The first-order valence-corrected chi connectivity index (χ1v) is 10.9. The summed E-state index contributed by atoms with van der Waals surface area (Å²) in [7, 11) is 0. The van der Waals surface area contributed by atoms with Gasteiger partial charge < -0.3 is 15.0 Å². The molecule has 1 fully saturated rings. The number of hydrogen-bond donors (Lipinski definition) is 1. The Morgan fingerprint density at radius 3 is 2.61 bits per heavy atom. The lowest BCUT2D eigenvalue weighted by molar-refractivity contribution is -0.0964. The zero-order chi connectivity index (χ0) is 23.6. The zero-order valence-electron chi connectivity index (χ0n) is 18.2. The van der Waals surface area contributed by atoms with Crippen LogP contribution in [0.4, 0.5) is 20.3 Å². The number of nitrogens with zero attached hydrogens (tertiary/aromatic N) is 3. The van der Waals surface area contributed by atoms with Crippen molar-refractivity contribution in [2.24, 2.45) is 5.92 Å². The van der Waals surface area contributed by atoms with Crippen LogP contribution < -0.4 is 15.0 Å². The van der Waals surface area contributed by atoms with E-state index >= 15 is 0 Å². The monoisotopic (exact) mass is 472 g/mol. The Balaban J connectivity index is 1.61. The van der Waals surface area contributed by atoms with Gasteiger partial charge in [0.05, 0.1) is 5.56 Å². The summed E-state index contributed by atoms with van der Waals surface area (Å²) in [4.78, 5) is 24.1. The second-order valence-electron chi connectivity index (χ2n) is 8.15. The topological polar surface area (TPSA) is 67.3 Å². The van der Waals surface area contributed by atoms with Crippen molar-refractivity contribution in [1.29, 1.82) is 0 Å². The number of halogens is 3. The lowest BCUT2D eigenvalue weighted by Gasteiger charge is -2.22. The van der Waals surface area contributed by atoms with Crippen LogP contribution in [0.25, 0.3) is 11.1 Å². The van der Waals surface area contributed by atoms with E-state index in [4.69, 9.17) is 11.6 Å². The molecular weight excluding hydrogens is 450 g/mol. The highest BCUT2D eigenvalue weighted by Crippen LogP contribution is 2.34. The van der Waals surface area contributed by atoms with Gasteiger partial charge in [0.1, 0.15) is 11.6 Å². The fraction of sp³-hybridized carbons (Fsp3) is 0.292. The van der Waals surface area contributed by atoms with Gasteiger partial charge in [0.25, 0.3) is 5.91 Å². The fourth-order valence-corrected chi connectivity index (χ4v) is 3.94. The summed E-state index contributed by atoms with van der Waals surface area (Å²) in [5.74, 6) is 0.912. The molecule has 9 heteroatoms. The third-order valence-electron chi connectivity index (χ3n) is 5.53. The molecule has 0 bridgehead atoms. The minimum atomic E-state index is -3.80. The molecule has 0 radical (unpaired) electrons. The van der Waals surface area contributed by atoms with Crippen LogP contribution >= 0.6 is 11.6 Å². The molecule has 1 aromatic carbocycles. The van der Waals surface area contributed by atoms with Gasteiger partial charge in [0.15, 0.2) is 0 Å². The van der Waals surface area contributed by atoms with Crippen molar-refractivity contribution in [3.63, 3.8) is 0 Å². The van der Waals surface area contributed by atoms with E-state index in [9.17, 15) is 13.6 Å². The van der Waals surface area contributed by atoms with Crippen molar-refractivity contribution >= 4 is 29.0 Å². The normalized spacial score (nSPS) is 16.0. The van der Waals surface area contributed by atoms with Crippen molar-refractivity contribution < 1.29 is 18.3 Å². The number of aromatic nitrogens is 2. The molecule has 1 atom stereocenters. The number of amides is 1. The fourth-order valence-electron chi connectivity index (χ4n) is 3.85. The molecular formula is C24H23ClF2N4O2. The predicted molar refractivity (Wildman–Crippen MR) is 124 cm³/mol. The first-order valence-electron chi connectivity index (χ1n) is 10.5. The number of aryl methyl sites for hydroxylation is 1. The number of carbonyl (C=O) groups is 1. The quantitative estimate of drug-likeness (QED) is 0.465. The van der Waals surface area contributed by atoms with Crippen molar-refractivity contribution in [3.8, 4) is 16.9 Å². The standard InChI is InChI=1S/C24H23ClF2N4O2/c1-15-8-10-31(14-15)22-20(21-13-28-9-7-16(21)2)11-17(12-29-22)23(32)30-18-3-5-19(6-4-18)33-24(25,26)27/h3-7,9,11-13,15H,8,10,14H2,1-2H3,(H,30,32)/t15-/m1/s1. The molecule has 1 aliphatic rings. The third kappa shape index (κ3) is 5.57. The molecule has 0 spiro atoms. The smallest absolute Gasteiger partial charge is 0.420 e. The van der Waals surface area contributed by atoms with Gasteiger partial charge in [-0.25, -0.2) is 4.98 Å². The molecule has 6 nitrogen and oxygen atoms in total. The summed E-state index contributed by atoms with van der Waals surface area (Å²) in [5.41, 5.74) is -0.220. The van der Waals surface area contributed by atoms with Crippen molar-refractivity contribution in [1.82, 2.24) is 9.97 Å². The van der Waals surface area contributed by atoms with Crippen LogP contribution in [-0.4, -0.2) is 34.5 Å². The molecule has 172 valence electrons. The second-order valence-corrected chi connectivity index (χ2v) is 8.59. The van der Waals surface area contributed by atoms with Crippen molar-refractivity contribution in [2.45, 2.75) is 25.8 Å². The molecule has 1 saturated heterocycles. The van der Waals surface area contributed by atoms with E-state index in [-0.39, 0.29) is 11.7 Å². The Bertz CT molecular complexity index is 1150. The molecule has 0 saturated carbocycles. The summed E-state index contributed by atoms with van der Waals surface area (Å²) in [5, 5.41) is 2.75. The highest BCUT2D eigenvalue weighted by atomic mass is 35.5. The summed E-state index contributed by atoms with van der Waals surface area (Å²) in [6.45, 7) is 6.01. The summed E-state index contributed by atoms with van der Waals surface area (Å²) >= 11 is 4.78. The number of benzene rings is 1. The van der Waals surface area contributed by atoms with E-state index in [1.54, 1.807) is 18.6 Å². The molecule has 33 heavy (non-hydrogen) atoms. The van der Waals surface area contributed by atoms with Gasteiger partial charge in [0, 0.05) is 60.1 Å². The highest BCUT2D eigenvalue weighted by Gasteiger charge is 2.27. The number of carbonyl (C=O) groups excluding carboxylic acids is 1. The largest absolute Gasteiger partial charge is 0.487 e. The van der Waals surface area contributed by atoms with E-state index < -0.39 is 5.57 Å². The maximum Gasteiger partial charge on any atom is 0.487 e. The molecule has 3 heterocycles. The molecule has 1 aliphatic heterocycles. The number of rotatable bonds is 6. The summed E-state index contributed by atoms with van der Waals surface area (Å²) in [6.07, 6.45) is 6.15. The third-order valence-corrected chi connectivity index (χ3v) is 5.60. The molecule has 1 N–H and O–H groups in total. The van der Waals surface area contributed by atoms with Crippen LogP contribution in [0.15, 0.2) is 55.0 Å². The molecule has 4 rings (SSSR count). The van der Waals surface area contributed by atoms with E-state index in [2.05, 4.69) is 31.8 Å². The zero-order valence-corrected chi connectivity index (χ0v) is 18.9. The molecule has 2 aromatic heterocycles. The Hall–Kier alpha value is -3.26. The van der Waals surface area contributed by atoms with Gasteiger partial charge >= 0.3 is 5.57 Å². The molecule has 0 aliphatic carbocycles. The van der Waals surface area contributed by atoms with Crippen molar-refractivity contribution in [3.05, 3.63) is 66.1 Å². The second kappa shape index (κ2) is 9.31. The minimum Gasteiger partial charge on any atom is -0.420 e. The molecule has 1 amide bonds. The maximum atomic E-state index is 12.9. The number of ether oxygens (including phenoxy) is 1. The minimum absolute atomic E-state index is 0.117. The first-order chi connectivity index (χ1) is 15.7. The first kappa shape index (κ1) is 22.9. The Morgan fingerprint density at radius 2 is 1.97 bits per heavy atom. The summed E-state index contributed by atoms with van der Waals surface area (Å²) < 4.78 is 29.8. The van der Waals surface area contributed by atoms with E-state index in [0.717, 1.165) is 42.0 Å². The average Bonchev–Trinajstić information content (AvgIpc) is 3.20. The number of hydrogen-bond acceptors (Lipinski definition) is 5. The van der Waals surface area contributed by atoms with Gasteiger partial charge in [-0.15, -0.1) is 8.78 Å². The lowest BCUT2D eigenvalue weighted by Crippen LogP contribution is -2.22. The van der Waals surface area contributed by atoms with Crippen LogP contribution in [0, 0.1) is 12.8 Å². The van der Waals surface area contributed by atoms with Crippen LogP contribution in [0.5, 0.6) is 5.75 Å². The predicted octanol–water partition coefficient (Wildman–Crippen LogP) is 5.72. The number of anilines is 2. The molecule has 0 unspecified atom stereocenters. The van der Waals surface area contributed by atoms with Gasteiger partial charge in [-0.3, -0.25) is 9.78 Å². The Morgan fingerprint density at radius 1 is 1.21 bits per heavy atom. The summed E-state index contributed by atoms with van der Waals surface area (Å²) in [6, 6.07) is 9.24. The van der Waals surface area contributed by atoms with Gasteiger partial charge in [-0.2, -0.15) is 0 Å². The van der Waals surface area contributed by atoms with Gasteiger partial charge in [-0.05, 0) is 61.2 Å². The van der Waals surface area contributed by atoms with Gasteiger partial charge in [-0.1, -0.05) is 6.92 Å². The average molecular weight is 473 g/mol. The molecule has 3 aromatic rings. The van der Waals surface area contributed by atoms with E-state index in [0.29, 0.717) is 17.2 Å². The van der Waals surface area contributed by atoms with E-state index in [1.165, 1.54) is 24.3 Å². The lowest BCUT2D eigenvalue weighted by atomic mass is 10.0. The maximum absolute atomic E-state index is 12.9. The Kier molecular flexibility index (Phi) is 6.47. The number of nitrogens with one attached hydrogen (secondary N) is 1. The van der Waals surface area contributed by atoms with Crippen LogP contribution in [0.3, 0.4) is 0 Å². The van der Waals surface area contributed by atoms with Crippen LogP contribution in [-0.2, 0) is 0 Å². The highest BCUT2D eigenvalue weighted by molar-refractivity contribution is 6.20. The van der Waals surface area contributed by atoms with Gasteiger partial charge in [0.2, 0.25) is 0 Å².